The van der Waals surface area contributed by atoms with E-state index in [4.69, 9.17) is 0 Å². The van der Waals surface area contributed by atoms with Gasteiger partial charge in [0.15, 0.2) is 5.82 Å². The van der Waals surface area contributed by atoms with Crippen LogP contribution in [-0.4, -0.2) is 16.2 Å². The lowest BCUT2D eigenvalue weighted by Gasteiger charge is -2.28. The number of H-pyrrole nitrogens is 1. The highest BCUT2D eigenvalue weighted by atomic mass is 15.2. The molecule has 2 rings (SSSR count). The summed E-state index contributed by atoms with van der Waals surface area (Å²) in [6, 6.07) is 0.569. The second-order valence-corrected chi connectivity index (χ2v) is 5.61. The fraction of sp³-hybridized carbons (Fsp3) is 0.769. The van der Waals surface area contributed by atoms with Crippen molar-refractivity contribution in [2.45, 2.75) is 59.4 Å². The molecule has 0 aromatic carbocycles. The molecule has 1 unspecified atom stereocenters. The van der Waals surface area contributed by atoms with E-state index in [0.29, 0.717) is 11.5 Å². The van der Waals surface area contributed by atoms with E-state index in [1.165, 1.54) is 30.5 Å². The highest BCUT2D eigenvalue weighted by molar-refractivity contribution is 5.46. The predicted octanol–water partition coefficient (Wildman–Crippen LogP) is 3.27. The molecule has 0 amide bonds. The van der Waals surface area contributed by atoms with Crippen LogP contribution in [0, 0.1) is 12.3 Å². The van der Waals surface area contributed by atoms with Crippen LogP contribution < -0.4 is 5.32 Å². The van der Waals surface area contributed by atoms with Gasteiger partial charge in [0.2, 0.25) is 0 Å². The van der Waals surface area contributed by atoms with Crippen LogP contribution in [0.5, 0.6) is 0 Å². The first kappa shape index (κ1) is 11.5. The first-order valence-electron chi connectivity index (χ1n) is 6.35. The highest BCUT2D eigenvalue weighted by Crippen LogP contribution is 2.39. The van der Waals surface area contributed by atoms with E-state index in [-0.39, 0.29) is 0 Å². The zero-order valence-electron chi connectivity index (χ0n) is 10.9. The number of hydrogen-bond acceptors (Lipinski definition) is 2. The average molecular weight is 221 g/mol. The maximum Gasteiger partial charge on any atom is 0.151 e. The van der Waals surface area contributed by atoms with Gasteiger partial charge in [-0.1, -0.05) is 27.2 Å². The molecular formula is C13H23N3. The van der Waals surface area contributed by atoms with Crippen molar-refractivity contribution in [3.63, 3.8) is 0 Å². The van der Waals surface area contributed by atoms with Gasteiger partial charge >= 0.3 is 0 Å². The van der Waals surface area contributed by atoms with Gasteiger partial charge in [-0.15, -0.1) is 0 Å². The Balaban J connectivity index is 2.12. The van der Waals surface area contributed by atoms with Crippen LogP contribution in [0.25, 0.3) is 0 Å². The van der Waals surface area contributed by atoms with Crippen molar-refractivity contribution >= 4 is 5.82 Å². The molecule has 1 atom stereocenters. The monoisotopic (exact) mass is 221 g/mol. The van der Waals surface area contributed by atoms with Crippen LogP contribution in [0.3, 0.4) is 0 Å². The maximum absolute atomic E-state index is 4.38. The Morgan fingerprint density at radius 3 is 2.75 bits per heavy atom. The third-order valence-electron chi connectivity index (χ3n) is 4.03. The fourth-order valence-electron chi connectivity index (χ4n) is 2.68. The second kappa shape index (κ2) is 4.11. The Morgan fingerprint density at radius 1 is 1.50 bits per heavy atom. The molecule has 2 N–H and O–H groups in total. The number of anilines is 1. The number of hydrogen-bond donors (Lipinski definition) is 2. The third kappa shape index (κ3) is 1.95. The summed E-state index contributed by atoms with van der Waals surface area (Å²) in [5.41, 5.74) is 2.93. The summed E-state index contributed by atoms with van der Waals surface area (Å²) in [6.07, 6.45) is 4.93. The Labute approximate surface area is 98.0 Å². The van der Waals surface area contributed by atoms with Crippen molar-refractivity contribution in [1.29, 1.82) is 0 Å². The van der Waals surface area contributed by atoms with E-state index in [0.717, 1.165) is 12.2 Å². The summed E-state index contributed by atoms with van der Waals surface area (Å²) in [6.45, 7) is 9.00. The Bertz CT molecular complexity index is 365. The fourth-order valence-corrected chi connectivity index (χ4v) is 2.68. The molecule has 1 aliphatic rings. The van der Waals surface area contributed by atoms with Crippen LogP contribution in [0.4, 0.5) is 5.82 Å². The number of nitrogens with zero attached hydrogens (tertiary/aromatic N) is 1. The van der Waals surface area contributed by atoms with Gasteiger partial charge in [0, 0.05) is 17.3 Å². The van der Waals surface area contributed by atoms with Gasteiger partial charge in [-0.25, -0.2) is 0 Å². The van der Waals surface area contributed by atoms with Gasteiger partial charge in [-0.05, 0) is 31.6 Å². The summed E-state index contributed by atoms with van der Waals surface area (Å²) in [5.74, 6) is 1.05. The van der Waals surface area contributed by atoms with Crippen LogP contribution >= 0.6 is 0 Å². The largest absolute Gasteiger partial charge is 0.365 e. The minimum absolute atomic E-state index is 0.401. The lowest BCUT2D eigenvalue weighted by atomic mass is 9.87. The molecule has 3 heteroatoms. The molecule has 0 radical (unpaired) electrons. The average Bonchev–Trinajstić information content (AvgIpc) is 2.73. The standard InChI is InChI=1S/C13H23N3/c1-5-10-9(2)12(16-15-10)14-11-7-6-8-13(11,3)4/h11H,5-8H2,1-4H3,(H2,14,15,16). The molecule has 3 nitrogen and oxygen atoms in total. The lowest BCUT2D eigenvalue weighted by molar-refractivity contribution is 0.349. The van der Waals surface area contributed by atoms with E-state index in [1.807, 2.05) is 0 Å². The summed E-state index contributed by atoms with van der Waals surface area (Å²) >= 11 is 0. The molecule has 1 aromatic rings. The van der Waals surface area contributed by atoms with Gasteiger partial charge in [0.25, 0.3) is 0 Å². The summed E-state index contributed by atoms with van der Waals surface area (Å²) in [5, 5.41) is 11.1. The topological polar surface area (TPSA) is 40.7 Å². The first-order valence-corrected chi connectivity index (χ1v) is 6.35. The number of aromatic nitrogens is 2. The molecule has 0 aliphatic heterocycles. The summed E-state index contributed by atoms with van der Waals surface area (Å²) in [4.78, 5) is 0. The molecule has 0 spiro atoms. The minimum Gasteiger partial charge on any atom is -0.365 e. The smallest absolute Gasteiger partial charge is 0.151 e. The third-order valence-corrected chi connectivity index (χ3v) is 4.03. The summed E-state index contributed by atoms with van der Waals surface area (Å²) < 4.78 is 0. The van der Waals surface area contributed by atoms with Crippen LogP contribution in [0.1, 0.15) is 51.3 Å². The molecule has 1 aromatic heterocycles. The normalized spacial score (nSPS) is 23.6. The van der Waals surface area contributed by atoms with E-state index < -0.39 is 0 Å². The first-order chi connectivity index (χ1) is 7.54. The van der Waals surface area contributed by atoms with Crippen LogP contribution in [0.2, 0.25) is 0 Å². The number of aryl methyl sites for hydroxylation is 1. The second-order valence-electron chi connectivity index (χ2n) is 5.61. The molecule has 1 saturated carbocycles. The molecule has 1 heterocycles. The molecule has 0 saturated heterocycles. The van der Waals surface area contributed by atoms with Gasteiger partial charge in [0.05, 0.1) is 0 Å². The quantitative estimate of drug-likeness (QED) is 0.822. The number of aromatic amines is 1. The van der Waals surface area contributed by atoms with Crippen molar-refractivity contribution < 1.29 is 0 Å². The van der Waals surface area contributed by atoms with Crippen molar-refractivity contribution in [2.24, 2.45) is 5.41 Å². The van der Waals surface area contributed by atoms with E-state index in [2.05, 4.69) is 43.2 Å². The van der Waals surface area contributed by atoms with Gasteiger partial charge < -0.3 is 5.32 Å². The maximum atomic E-state index is 4.38. The van der Waals surface area contributed by atoms with E-state index in [9.17, 15) is 0 Å². The molecule has 90 valence electrons. The summed E-state index contributed by atoms with van der Waals surface area (Å²) in [7, 11) is 0. The van der Waals surface area contributed by atoms with Crippen molar-refractivity contribution in [3.05, 3.63) is 11.3 Å². The highest BCUT2D eigenvalue weighted by Gasteiger charge is 2.34. The Hall–Kier alpha value is -0.990. The Morgan fingerprint density at radius 2 is 2.25 bits per heavy atom. The molecule has 0 bridgehead atoms. The van der Waals surface area contributed by atoms with Gasteiger partial charge in [0.1, 0.15) is 0 Å². The van der Waals surface area contributed by atoms with Crippen LogP contribution in [-0.2, 0) is 6.42 Å². The van der Waals surface area contributed by atoms with Crippen molar-refractivity contribution in [3.8, 4) is 0 Å². The molecular weight excluding hydrogens is 198 g/mol. The zero-order chi connectivity index (χ0) is 11.8. The Kier molecular flexibility index (Phi) is 2.96. The molecule has 1 aliphatic carbocycles. The zero-order valence-corrected chi connectivity index (χ0v) is 10.9. The van der Waals surface area contributed by atoms with Gasteiger partial charge in [-0.2, -0.15) is 5.10 Å². The SMILES string of the molecule is CCc1[nH]nc(NC2CCCC2(C)C)c1C. The number of rotatable bonds is 3. The van der Waals surface area contributed by atoms with Crippen molar-refractivity contribution in [2.75, 3.05) is 5.32 Å². The molecule has 1 fully saturated rings. The van der Waals surface area contributed by atoms with Crippen molar-refractivity contribution in [1.82, 2.24) is 10.2 Å². The predicted molar refractivity (Wildman–Crippen MR) is 67.7 cm³/mol. The van der Waals surface area contributed by atoms with E-state index >= 15 is 0 Å². The minimum atomic E-state index is 0.401. The number of nitrogens with one attached hydrogen (secondary N) is 2. The lowest BCUT2D eigenvalue weighted by Crippen LogP contribution is -2.31. The van der Waals surface area contributed by atoms with Crippen LogP contribution in [0.15, 0.2) is 0 Å². The van der Waals surface area contributed by atoms with E-state index in [1.54, 1.807) is 0 Å². The molecule has 16 heavy (non-hydrogen) atoms. The van der Waals surface area contributed by atoms with Gasteiger partial charge in [-0.3, -0.25) is 5.10 Å².